The van der Waals surface area contributed by atoms with E-state index < -0.39 is 0 Å². The molecule has 1 saturated heterocycles. The fraction of sp³-hybridized carbons (Fsp3) is 0.625. The summed E-state index contributed by atoms with van der Waals surface area (Å²) in [4.78, 5) is 2.53. The second-order valence-corrected chi connectivity index (χ2v) is 5.29. The third-order valence-corrected chi connectivity index (χ3v) is 4.26. The molecule has 0 unspecified atom stereocenters. The Labute approximate surface area is 146 Å². The molecule has 0 amide bonds. The van der Waals surface area contributed by atoms with Gasteiger partial charge in [0.05, 0.1) is 14.2 Å². The Morgan fingerprint density at radius 1 is 1.23 bits per heavy atom. The van der Waals surface area contributed by atoms with Crippen LogP contribution in [0.4, 0.5) is 0 Å². The van der Waals surface area contributed by atoms with Crippen LogP contribution in [0.2, 0.25) is 0 Å². The number of halogens is 2. The first-order valence-corrected chi connectivity index (χ1v) is 7.35. The van der Waals surface area contributed by atoms with Crippen LogP contribution in [0.3, 0.4) is 0 Å². The van der Waals surface area contributed by atoms with Crippen molar-refractivity contribution < 1.29 is 9.47 Å². The Hall–Kier alpha value is -0.680. The molecule has 0 radical (unpaired) electrons. The number of nitrogens with one attached hydrogen (secondary N) is 1. The molecule has 1 heterocycles. The predicted molar refractivity (Wildman–Crippen MR) is 96.1 cm³/mol. The van der Waals surface area contributed by atoms with Gasteiger partial charge >= 0.3 is 0 Å². The SMILES string of the molecule is CCN1CC[C@@H](CNC)[C@@H]1c1ccc(OC)cc1OC.Cl.Cl. The van der Waals surface area contributed by atoms with Gasteiger partial charge in [-0.2, -0.15) is 0 Å². The zero-order chi connectivity index (χ0) is 14.5. The number of benzene rings is 1. The van der Waals surface area contributed by atoms with Crippen molar-refractivity contribution in [1.82, 2.24) is 10.2 Å². The van der Waals surface area contributed by atoms with Gasteiger partial charge in [-0.3, -0.25) is 4.90 Å². The van der Waals surface area contributed by atoms with Crippen LogP contribution in [0, 0.1) is 5.92 Å². The largest absolute Gasteiger partial charge is 0.497 e. The van der Waals surface area contributed by atoms with Gasteiger partial charge in [-0.25, -0.2) is 0 Å². The van der Waals surface area contributed by atoms with Gasteiger partial charge in [0.2, 0.25) is 0 Å². The normalized spacial score (nSPS) is 20.9. The molecule has 2 atom stereocenters. The van der Waals surface area contributed by atoms with Gasteiger partial charge in [0.1, 0.15) is 11.5 Å². The van der Waals surface area contributed by atoms with Crippen molar-refractivity contribution in [2.75, 3.05) is 40.9 Å². The second-order valence-electron chi connectivity index (χ2n) is 5.29. The highest BCUT2D eigenvalue weighted by Crippen LogP contribution is 2.41. The molecular formula is C16H28Cl2N2O2. The lowest BCUT2D eigenvalue weighted by Gasteiger charge is -2.29. The minimum absolute atomic E-state index is 0. The van der Waals surface area contributed by atoms with Crippen molar-refractivity contribution in [3.05, 3.63) is 23.8 Å². The molecular weight excluding hydrogens is 323 g/mol. The Morgan fingerprint density at radius 3 is 2.50 bits per heavy atom. The summed E-state index contributed by atoms with van der Waals surface area (Å²) in [6, 6.07) is 6.59. The number of ether oxygens (including phenoxy) is 2. The number of rotatable bonds is 6. The van der Waals surface area contributed by atoms with Crippen molar-refractivity contribution in [2.24, 2.45) is 5.92 Å². The zero-order valence-corrected chi connectivity index (χ0v) is 15.4. The molecule has 1 fully saturated rings. The third-order valence-electron chi connectivity index (χ3n) is 4.26. The summed E-state index contributed by atoms with van der Waals surface area (Å²) in [6.45, 7) is 5.49. The van der Waals surface area contributed by atoms with Crippen LogP contribution in [0.1, 0.15) is 24.9 Å². The average Bonchev–Trinajstić information content (AvgIpc) is 2.89. The molecule has 1 aromatic rings. The lowest BCUT2D eigenvalue weighted by atomic mass is 9.92. The number of methoxy groups -OCH3 is 2. The first-order chi connectivity index (χ1) is 9.74. The van der Waals surface area contributed by atoms with E-state index in [-0.39, 0.29) is 24.8 Å². The fourth-order valence-corrected chi connectivity index (χ4v) is 3.27. The summed E-state index contributed by atoms with van der Waals surface area (Å²) in [5.41, 5.74) is 1.27. The summed E-state index contributed by atoms with van der Waals surface area (Å²) in [7, 11) is 5.44. The molecule has 2 rings (SSSR count). The Kier molecular flexibility index (Phi) is 9.85. The van der Waals surface area contributed by atoms with Gasteiger partial charge in [0, 0.05) is 17.7 Å². The zero-order valence-electron chi connectivity index (χ0n) is 13.8. The molecule has 1 aliphatic rings. The smallest absolute Gasteiger partial charge is 0.127 e. The Morgan fingerprint density at radius 2 is 1.95 bits per heavy atom. The predicted octanol–water partition coefficient (Wildman–Crippen LogP) is 3.15. The summed E-state index contributed by atoms with van der Waals surface area (Å²) in [6.07, 6.45) is 1.23. The molecule has 0 bridgehead atoms. The van der Waals surface area contributed by atoms with Crippen molar-refractivity contribution in [1.29, 1.82) is 0 Å². The Balaban J connectivity index is 0.00000220. The lowest BCUT2D eigenvalue weighted by molar-refractivity contribution is 0.232. The minimum Gasteiger partial charge on any atom is -0.497 e. The van der Waals surface area contributed by atoms with E-state index in [1.807, 2.05) is 19.2 Å². The third kappa shape index (κ3) is 4.42. The van der Waals surface area contributed by atoms with Gasteiger partial charge < -0.3 is 14.8 Å². The highest BCUT2D eigenvalue weighted by Gasteiger charge is 2.35. The average molecular weight is 351 g/mol. The van der Waals surface area contributed by atoms with Crippen LogP contribution in [0.5, 0.6) is 11.5 Å². The molecule has 0 aromatic heterocycles. The van der Waals surface area contributed by atoms with Crippen LogP contribution >= 0.6 is 24.8 Å². The molecule has 0 saturated carbocycles. The fourth-order valence-electron chi connectivity index (χ4n) is 3.27. The topological polar surface area (TPSA) is 33.7 Å². The molecule has 1 aromatic carbocycles. The lowest BCUT2D eigenvalue weighted by Crippen LogP contribution is -2.29. The quantitative estimate of drug-likeness (QED) is 0.854. The highest BCUT2D eigenvalue weighted by molar-refractivity contribution is 5.85. The monoisotopic (exact) mass is 350 g/mol. The maximum Gasteiger partial charge on any atom is 0.127 e. The van der Waals surface area contributed by atoms with E-state index in [2.05, 4.69) is 23.2 Å². The molecule has 22 heavy (non-hydrogen) atoms. The molecule has 1 aliphatic heterocycles. The molecule has 4 nitrogen and oxygen atoms in total. The maximum absolute atomic E-state index is 5.59. The van der Waals surface area contributed by atoms with Gasteiger partial charge in [-0.05, 0) is 45.1 Å². The number of hydrogen-bond donors (Lipinski definition) is 1. The van der Waals surface area contributed by atoms with E-state index in [0.29, 0.717) is 12.0 Å². The van der Waals surface area contributed by atoms with Crippen LogP contribution in [-0.2, 0) is 0 Å². The maximum atomic E-state index is 5.59. The highest BCUT2D eigenvalue weighted by atomic mass is 35.5. The van der Waals surface area contributed by atoms with Crippen LogP contribution < -0.4 is 14.8 Å². The standard InChI is InChI=1S/C16H26N2O2.2ClH/c1-5-18-9-8-12(11-17-2)16(18)14-7-6-13(19-3)10-15(14)20-4;;/h6-7,10,12,16-17H,5,8-9,11H2,1-4H3;2*1H/t12-,16+;;/m0../s1. The first-order valence-electron chi connectivity index (χ1n) is 7.35. The van der Waals surface area contributed by atoms with E-state index in [0.717, 1.165) is 31.1 Å². The van der Waals surface area contributed by atoms with Crippen molar-refractivity contribution in [3.63, 3.8) is 0 Å². The Bertz CT molecular complexity index is 446. The first kappa shape index (κ1) is 21.3. The second kappa shape index (κ2) is 10.2. The van der Waals surface area contributed by atoms with E-state index in [1.54, 1.807) is 14.2 Å². The van der Waals surface area contributed by atoms with Crippen molar-refractivity contribution in [2.45, 2.75) is 19.4 Å². The van der Waals surface area contributed by atoms with Crippen LogP contribution in [0.15, 0.2) is 18.2 Å². The molecule has 1 N–H and O–H groups in total. The van der Waals surface area contributed by atoms with E-state index in [9.17, 15) is 0 Å². The number of nitrogens with zero attached hydrogens (tertiary/aromatic N) is 1. The molecule has 128 valence electrons. The number of likely N-dealkylation sites (tertiary alicyclic amines) is 1. The van der Waals surface area contributed by atoms with Gasteiger partial charge in [-0.15, -0.1) is 24.8 Å². The molecule has 0 aliphatic carbocycles. The minimum atomic E-state index is 0. The van der Waals surface area contributed by atoms with Crippen molar-refractivity contribution in [3.8, 4) is 11.5 Å². The summed E-state index contributed by atoms with van der Waals surface area (Å²) in [5.74, 6) is 2.40. The van der Waals surface area contributed by atoms with Gasteiger partial charge in [0.15, 0.2) is 0 Å². The summed E-state index contributed by atoms with van der Waals surface area (Å²) < 4.78 is 10.9. The molecule has 6 heteroatoms. The van der Waals surface area contributed by atoms with E-state index in [1.165, 1.54) is 12.0 Å². The molecule has 0 spiro atoms. The van der Waals surface area contributed by atoms with Gasteiger partial charge in [-0.1, -0.05) is 13.0 Å². The number of hydrogen-bond acceptors (Lipinski definition) is 4. The van der Waals surface area contributed by atoms with E-state index >= 15 is 0 Å². The van der Waals surface area contributed by atoms with Gasteiger partial charge in [0.25, 0.3) is 0 Å². The van der Waals surface area contributed by atoms with Crippen LogP contribution in [0.25, 0.3) is 0 Å². The summed E-state index contributed by atoms with van der Waals surface area (Å²) in [5, 5.41) is 3.32. The van der Waals surface area contributed by atoms with E-state index in [4.69, 9.17) is 9.47 Å². The summed E-state index contributed by atoms with van der Waals surface area (Å²) >= 11 is 0. The van der Waals surface area contributed by atoms with Crippen LogP contribution in [-0.4, -0.2) is 45.8 Å². The van der Waals surface area contributed by atoms with Crippen molar-refractivity contribution >= 4 is 24.8 Å².